The second-order valence-corrected chi connectivity index (χ2v) is 6.40. The molecule has 114 valence electrons. The maximum absolute atomic E-state index is 6.46. The average molecular weight is 306 g/mol. The largest absolute Gasteiger partial charge is 0.467 e. The number of nitrogens with zero attached hydrogens (tertiary/aromatic N) is 1. The first kappa shape index (κ1) is 14.6. The number of thiocarbonyl (C=S) groups is 1. The lowest BCUT2D eigenvalue weighted by Gasteiger charge is -2.56. The summed E-state index contributed by atoms with van der Waals surface area (Å²) in [4.78, 5) is 2.11. The molecular formula is C16H22N2O2S. The van der Waals surface area contributed by atoms with E-state index in [-0.39, 0.29) is 12.0 Å². The summed E-state index contributed by atoms with van der Waals surface area (Å²) in [5.41, 5.74) is 1.93. The molecule has 3 rings (SSSR count). The number of rotatable bonds is 3. The van der Waals surface area contributed by atoms with Crippen molar-refractivity contribution < 1.29 is 9.47 Å². The number of nitrogens with one attached hydrogen (secondary N) is 1. The van der Waals surface area contributed by atoms with Gasteiger partial charge in [-0.05, 0) is 31.6 Å². The Bertz CT molecular complexity index is 577. The molecule has 3 unspecified atom stereocenters. The van der Waals surface area contributed by atoms with Crippen molar-refractivity contribution in [1.29, 1.82) is 0 Å². The normalized spacial score (nSPS) is 30.5. The van der Waals surface area contributed by atoms with Crippen LogP contribution in [0.15, 0.2) is 18.2 Å². The van der Waals surface area contributed by atoms with Crippen molar-refractivity contribution in [3.05, 3.63) is 29.3 Å². The molecule has 2 bridgehead atoms. The van der Waals surface area contributed by atoms with Gasteiger partial charge < -0.3 is 19.7 Å². The Labute approximate surface area is 131 Å². The van der Waals surface area contributed by atoms with E-state index in [1.54, 1.807) is 7.11 Å². The zero-order valence-corrected chi connectivity index (χ0v) is 13.8. The van der Waals surface area contributed by atoms with Crippen LogP contribution in [0.1, 0.15) is 31.0 Å². The minimum Gasteiger partial charge on any atom is -0.467 e. The van der Waals surface area contributed by atoms with Gasteiger partial charge in [-0.1, -0.05) is 25.1 Å². The van der Waals surface area contributed by atoms with Gasteiger partial charge in [0.25, 0.3) is 0 Å². The summed E-state index contributed by atoms with van der Waals surface area (Å²) in [6.07, 6.45) is 0. The van der Waals surface area contributed by atoms with Crippen LogP contribution >= 0.6 is 12.2 Å². The van der Waals surface area contributed by atoms with Crippen molar-refractivity contribution in [2.75, 3.05) is 20.3 Å². The van der Waals surface area contributed by atoms with Crippen molar-refractivity contribution in [3.63, 3.8) is 0 Å². The fourth-order valence-electron chi connectivity index (χ4n) is 3.36. The van der Waals surface area contributed by atoms with E-state index in [4.69, 9.17) is 21.7 Å². The van der Waals surface area contributed by atoms with E-state index in [2.05, 4.69) is 49.2 Å². The molecule has 21 heavy (non-hydrogen) atoms. The van der Waals surface area contributed by atoms with Gasteiger partial charge in [-0.15, -0.1) is 0 Å². The molecule has 1 fully saturated rings. The number of fused-ring (bicyclic) bond motifs is 4. The second-order valence-electron chi connectivity index (χ2n) is 6.01. The quantitative estimate of drug-likeness (QED) is 0.868. The highest BCUT2D eigenvalue weighted by Crippen LogP contribution is 2.48. The highest BCUT2D eigenvalue weighted by atomic mass is 32.1. The average Bonchev–Trinajstić information content (AvgIpc) is 2.44. The molecule has 0 aliphatic carbocycles. The third-order valence-corrected chi connectivity index (χ3v) is 5.15. The van der Waals surface area contributed by atoms with Crippen LogP contribution in [0.25, 0.3) is 0 Å². The van der Waals surface area contributed by atoms with Crippen LogP contribution in [0.3, 0.4) is 0 Å². The number of methoxy groups -OCH3 is 1. The van der Waals surface area contributed by atoms with Crippen molar-refractivity contribution in [1.82, 2.24) is 10.2 Å². The van der Waals surface area contributed by atoms with Crippen LogP contribution < -0.4 is 10.1 Å². The first-order chi connectivity index (χ1) is 9.99. The Kier molecular flexibility index (Phi) is 3.58. The zero-order valence-electron chi connectivity index (χ0n) is 13.0. The molecule has 1 N–H and O–H groups in total. The second kappa shape index (κ2) is 5.14. The molecule has 0 saturated carbocycles. The lowest BCUT2D eigenvalue weighted by Crippen LogP contribution is -2.69. The van der Waals surface area contributed by atoms with E-state index in [0.717, 1.165) is 23.0 Å². The van der Waals surface area contributed by atoms with Crippen LogP contribution in [0.5, 0.6) is 5.75 Å². The third-order valence-electron chi connectivity index (χ3n) is 4.81. The highest BCUT2D eigenvalue weighted by molar-refractivity contribution is 7.80. The van der Waals surface area contributed by atoms with Gasteiger partial charge in [0.2, 0.25) is 0 Å². The molecule has 2 aliphatic rings. The van der Waals surface area contributed by atoms with Crippen LogP contribution in [0.4, 0.5) is 0 Å². The summed E-state index contributed by atoms with van der Waals surface area (Å²) in [5, 5.41) is 4.23. The van der Waals surface area contributed by atoms with E-state index in [1.165, 1.54) is 5.56 Å². The van der Waals surface area contributed by atoms with E-state index in [0.29, 0.717) is 6.61 Å². The Balaban J connectivity index is 2.05. The molecule has 3 atom stereocenters. The summed E-state index contributed by atoms with van der Waals surface area (Å²) in [7, 11) is 1.70. The SMILES string of the molecule is COCCN1C(=S)NC2c3cccc(C)c3OC1(C)C2C. The van der Waals surface area contributed by atoms with Crippen LogP contribution in [-0.4, -0.2) is 36.0 Å². The fourth-order valence-corrected chi connectivity index (χ4v) is 3.76. The molecule has 5 heteroatoms. The minimum atomic E-state index is -0.440. The van der Waals surface area contributed by atoms with Gasteiger partial charge in [-0.2, -0.15) is 0 Å². The van der Waals surface area contributed by atoms with Crippen molar-refractivity contribution >= 4 is 17.3 Å². The smallest absolute Gasteiger partial charge is 0.186 e. The molecule has 0 radical (unpaired) electrons. The van der Waals surface area contributed by atoms with Gasteiger partial charge in [-0.25, -0.2) is 0 Å². The van der Waals surface area contributed by atoms with Crippen LogP contribution in [0, 0.1) is 12.8 Å². The summed E-state index contributed by atoms with van der Waals surface area (Å²) >= 11 is 5.56. The summed E-state index contributed by atoms with van der Waals surface area (Å²) in [5.74, 6) is 1.27. The molecule has 1 aromatic rings. The summed E-state index contributed by atoms with van der Waals surface area (Å²) in [6.45, 7) is 7.77. The number of aryl methyl sites for hydroxylation is 1. The molecule has 0 spiro atoms. The van der Waals surface area contributed by atoms with Gasteiger partial charge in [0.1, 0.15) is 5.75 Å². The predicted octanol–water partition coefficient (Wildman–Crippen LogP) is 2.62. The van der Waals surface area contributed by atoms with Crippen molar-refractivity contribution in [3.8, 4) is 5.75 Å². The number of ether oxygens (including phenoxy) is 2. The van der Waals surface area contributed by atoms with Gasteiger partial charge >= 0.3 is 0 Å². The predicted molar refractivity (Wildman–Crippen MR) is 86.4 cm³/mol. The number of hydrogen-bond acceptors (Lipinski definition) is 3. The summed E-state index contributed by atoms with van der Waals surface area (Å²) < 4.78 is 11.7. The molecule has 1 aromatic carbocycles. The molecule has 4 nitrogen and oxygen atoms in total. The molecule has 0 amide bonds. The Hall–Kier alpha value is -1.33. The highest BCUT2D eigenvalue weighted by Gasteiger charge is 2.53. The molecular weight excluding hydrogens is 284 g/mol. The number of hydrogen-bond donors (Lipinski definition) is 1. The van der Waals surface area contributed by atoms with Gasteiger partial charge in [0, 0.05) is 25.1 Å². The summed E-state index contributed by atoms with van der Waals surface area (Å²) in [6, 6.07) is 6.49. The van der Waals surface area contributed by atoms with E-state index < -0.39 is 5.72 Å². The fraction of sp³-hybridized carbons (Fsp3) is 0.562. The lowest BCUT2D eigenvalue weighted by atomic mass is 9.80. The minimum absolute atomic E-state index is 0.199. The molecule has 0 aromatic heterocycles. The van der Waals surface area contributed by atoms with E-state index in [1.807, 2.05) is 0 Å². The standard InChI is InChI=1S/C16H22N2O2S/c1-10-6-5-7-12-13-11(2)16(3,20-14(10)12)18(8-9-19-4)15(21)17-13/h5-7,11,13H,8-9H2,1-4H3,(H,17,21). The molecule has 2 aliphatic heterocycles. The number of para-hydroxylation sites is 1. The first-order valence-electron chi connectivity index (χ1n) is 7.34. The van der Waals surface area contributed by atoms with Crippen LogP contribution in [0.2, 0.25) is 0 Å². The topological polar surface area (TPSA) is 33.7 Å². The van der Waals surface area contributed by atoms with Gasteiger partial charge in [0.15, 0.2) is 10.8 Å². The third kappa shape index (κ3) is 2.10. The Morgan fingerprint density at radius 1 is 1.48 bits per heavy atom. The van der Waals surface area contributed by atoms with Crippen molar-refractivity contribution in [2.45, 2.75) is 32.5 Å². The maximum atomic E-state index is 6.46. The monoisotopic (exact) mass is 306 g/mol. The Morgan fingerprint density at radius 3 is 2.95 bits per heavy atom. The Morgan fingerprint density at radius 2 is 2.24 bits per heavy atom. The number of benzene rings is 1. The van der Waals surface area contributed by atoms with E-state index in [9.17, 15) is 0 Å². The zero-order chi connectivity index (χ0) is 15.2. The maximum Gasteiger partial charge on any atom is 0.186 e. The lowest BCUT2D eigenvalue weighted by molar-refractivity contribution is -0.115. The van der Waals surface area contributed by atoms with E-state index >= 15 is 0 Å². The molecule has 1 saturated heterocycles. The van der Waals surface area contributed by atoms with Crippen LogP contribution in [-0.2, 0) is 4.74 Å². The first-order valence-corrected chi connectivity index (χ1v) is 7.75. The van der Waals surface area contributed by atoms with Gasteiger partial charge in [0.05, 0.1) is 12.6 Å². The van der Waals surface area contributed by atoms with Crippen molar-refractivity contribution in [2.24, 2.45) is 5.92 Å². The van der Waals surface area contributed by atoms with Gasteiger partial charge in [-0.3, -0.25) is 0 Å². The molecule has 2 heterocycles.